The van der Waals surface area contributed by atoms with Crippen molar-refractivity contribution in [2.45, 2.75) is 31.2 Å². The molecule has 1 aromatic rings. The maximum absolute atomic E-state index is 12.2. The molecule has 2 rings (SSSR count). The molecule has 1 aliphatic rings. The summed E-state index contributed by atoms with van der Waals surface area (Å²) in [6, 6.07) is 7.09. The van der Waals surface area contributed by atoms with Crippen LogP contribution in [0.5, 0.6) is 0 Å². The molecule has 1 heterocycles. The normalized spacial score (nSPS) is 23.4. The minimum atomic E-state index is -3.29. The van der Waals surface area contributed by atoms with Gasteiger partial charge in [0.05, 0.1) is 4.90 Å². The Balaban J connectivity index is 2.16. The zero-order valence-electron chi connectivity index (χ0n) is 10.2. The Labute approximate surface area is 103 Å². The summed E-state index contributed by atoms with van der Waals surface area (Å²) in [4.78, 5) is 0.382. The Bertz CT molecular complexity index is 531. The van der Waals surface area contributed by atoms with Gasteiger partial charge in [-0.3, -0.25) is 0 Å². The Hall–Kier alpha value is -1.13. The van der Waals surface area contributed by atoms with Gasteiger partial charge in [-0.25, -0.2) is 8.42 Å². The molecule has 0 amide bonds. The smallest absolute Gasteiger partial charge is 0.207 e. The van der Waals surface area contributed by atoms with Crippen LogP contribution >= 0.6 is 0 Å². The average Bonchev–Trinajstić information content (AvgIpc) is 2.97. The van der Waals surface area contributed by atoms with E-state index in [0.717, 1.165) is 17.6 Å². The predicted octanol–water partition coefficient (Wildman–Crippen LogP) is 2.33. The summed E-state index contributed by atoms with van der Waals surface area (Å²) in [5, 5.41) is 0. The molecule has 0 spiro atoms. The summed E-state index contributed by atoms with van der Waals surface area (Å²) in [7, 11) is -3.29. The zero-order chi connectivity index (χ0) is 12.6. The minimum Gasteiger partial charge on any atom is -0.207 e. The molecule has 1 aromatic carbocycles. The van der Waals surface area contributed by atoms with Crippen LogP contribution < -0.4 is 0 Å². The van der Waals surface area contributed by atoms with E-state index in [1.165, 1.54) is 4.31 Å². The van der Waals surface area contributed by atoms with Crippen molar-refractivity contribution in [1.29, 1.82) is 0 Å². The van der Waals surface area contributed by atoms with Crippen molar-refractivity contribution in [2.75, 3.05) is 6.54 Å². The van der Waals surface area contributed by atoms with Gasteiger partial charge < -0.3 is 0 Å². The van der Waals surface area contributed by atoms with Crippen molar-refractivity contribution in [3.63, 3.8) is 0 Å². The van der Waals surface area contributed by atoms with Crippen LogP contribution in [0.3, 0.4) is 0 Å². The van der Waals surface area contributed by atoms with E-state index in [0.29, 0.717) is 11.4 Å². The number of aryl methyl sites for hydroxylation is 1. The Kier molecular flexibility index (Phi) is 3.10. The van der Waals surface area contributed by atoms with E-state index >= 15 is 0 Å². The van der Waals surface area contributed by atoms with E-state index in [9.17, 15) is 8.42 Å². The van der Waals surface area contributed by atoms with Gasteiger partial charge in [-0.2, -0.15) is 4.31 Å². The molecule has 0 aromatic heterocycles. The first kappa shape index (κ1) is 12.3. The Morgan fingerprint density at radius 1 is 1.41 bits per heavy atom. The van der Waals surface area contributed by atoms with E-state index in [4.69, 9.17) is 0 Å². The molecular formula is C13H17NO2S. The third kappa shape index (κ3) is 2.58. The third-order valence-corrected chi connectivity index (χ3v) is 4.81. The quantitative estimate of drug-likeness (QED) is 0.608. The summed E-state index contributed by atoms with van der Waals surface area (Å²) < 4.78 is 25.9. The topological polar surface area (TPSA) is 37.1 Å². The molecule has 1 aliphatic heterocycles. The zero-order valence-corrected chi connectivity index (χ0v) is 11.0. The molecule has 92 valence electrons. The Morgan fingerprint density at radius 2 is 2.00 bits per heavy atom. The minimum absolute atomic E-state index is 0.110. The number of sulfonamides is 1. The largest absolute Gasteiger partial charge is 0.243 e. The van der Waals surface area contributed by atoms with E-state index in [1.54, 1.807) is 12.1 Å². The lowest BCUT2D eigenvalue weighted by atomic mass is 10.2. The van der Waals surface area contributed by atoms with Crippen LogP contribution in [-0.2, 0) is 10.0 Å². The van der Waals surface area contributed by atoms with Gasteiger partial charge in [-0.15, -0.1) is 6.58 Å². The fourth-order valence-electron chi connectivity index (χ4n) is 1.87. The van der Waals surface area contributed by atoms with Crippen LogP contribution in [0.1, 0.15) is 18.9 Å². The highest BCUT2D eigenvalue weighted by atomic mass is 32.2. The van der Waals surface area contributed by atoms with Crippen LogP contribution in [0, 0.1) is 6.92 Å². The van der Waals surface area contributed by atoms with Gasteiger partial charge in [0.15, 0.2) is 0 Å². The van der Waals surface area contributed by atoms with Gasteiger partial charge in [0.2, 0.25) is 10.0 Å². The molecule has 3 nitrogen and oxygen atoms in total. The van der Waals surface area contributed by atoms with Gasteiger partial charge in [0.1, 0.15) is 0 Å². The number of rotatable bonds is 4. The molecule has 1 fully saturated rings. The molecule has 1 saturated heterocycles. The monoisotopic (exact) mass is 251 g/mol. The van der Waals surface area contributed by atoms with Gasteiger partial charge in [-0.1, -0.05) is 23.3 Å². The molecule has 17 heavy (non-hydrogen) atoms. The predicted molar refractivity (Wildman–Crippen MR) is 68.3 cm³/mol. The highest BCUT2D eigenvalue weighted by Crippen LogP contribution is 2.31. The highest BCUT2D eigenvalue weighted by molar-refractivity contribution is 7.89. The summed E-state index contributed by atoms with van der Waals surface area (Å²) in [5.74, 6) is 0. The Morgan fingerprint density at radius 3 is 2.53 bits per heavy atom. The van der Waals surface area contributed by atoms with Gasteiger partial charge in [-0.05, 0) is 32.4 Å². The van der Waals surface area contributed by atoms with Crippen LogP contribution in [0.2, 0.25) is 0 Å². The van der Waals surface area contributed by atoms with Crippen molar-refractivity contribution in [2.24, 2.45) is 0 Å². The van der Waals surface area contributed by atoms with E-state index < -0.39 is 10.0 Å². The number of hydrogen-bond acceptors (Lipinski definition) is 2. The van der Waals surface area contributed by atoms with Crippen molar-refractivity contribution in [3.8, 4) is 0 Å². The molecule has 0 bridgehead atoms. The van der Waals surface area contributed by atoms with Crippen molar-refractivity contribution < 1.29 is 8.42 Å². The lowest BCUT2D eigenvalue weighted by Crippen LogP contribution is -2.14. The van der Waals surface area contributed by atoms with Crippen molar-refractivity contribution in [3.05, 3.63) is 42.0 Å². The highest BCUT2D eigenvalue weighted by Gasteiger charge is 2.43. The van der Waals surface area contributed by atoms with Crippen LogP contribution in [0.25, 0.3) is 0 Å². The first-order valence-corrected chi connectivity index (χ1v) is 7.08. The SMILES string of the molecule is C=C(C)CC1CN1S(=O)(=O)c1ccc(C)cc1. The second-order valence-electron chi connectivity index (χ2n) is 4.70. The molecule has 2 unspecified atom stereocenters. The fraction of sp³-hybridized carbons (Fsp3) is 0.385. The summed E-state index contributed by atoms with van der Waals surface area (Å²) in [6.45, 7) is 8.30. The third-order valence-electron chi connectivity index (χ3n) is 2.88. The van der Waals surface area contributed by atoms with E-state index in [1.807, 2.05) is 26.0 Å². The molecule has 0 saturated carbocycles. The maximum Gasteiger partial charge on any atom is 0.243 e. The number of hydrogen-bond donors (Lipinski definition) is 0. The van der Waals surface area contributed by atoms with Crippen LogP contribution in [0.15, 0.2) is 41.3 Å². The van der Waals surface area contributed by atoms with E-state index in [2.05, 4.69) is 6.58 Å². The molecule has 2 atom stereocenters. The summed E-state index contributed by atoms with van der Waals surface area (Å²) >= 11 is 0. The molecule has 0 radical (unpaired) electrons. The lowest BCUT2D eigenvalue weighted by molar-refractivity contribution is 0.551. The number of benzene rings is 1. The maximum atomic E-state index is 12.2. The van der Waals surface area contributed by atoms with Gasteiger partial charge >= 0.3 is 0 Å². The van der Waals surface area contributed by atoms with Gasteiger partial charge in [0, 0.05) is 12.6 Å². The first-order chi connectivity index (χ1) is 7.91. The fourth-order valence-corrected chi connectivity index (χ4v) is 3.46. The standard InChI is InChI=1S/C13H17NO2S/c1-10(2)8-12-9-14(12)17(15,16)13-6-4-11(3)5-7-13/h4-7,12H,1,8-9H2,2-3H3. The summed E-state index contributed by atoms with van der Waals surface area (Å²) in [5.41, 5.74) is 2.09. The lowest BCUT2D eigenvalue weighted by Gasteiger charge is -2.06. The molecule has 0 aliphatic carbocycles. The average molecular weight is 251 g/mol. The van der Waals surface area contributed by atoms with Gasteiger partial charge in [0.25, 0.3) is 0 Å². The van der Waals surface area contributed by atoms with E-state index in [-0.39, 0.29) is 6.04 Å². The molecular weight excluding hydrogens is 234 g/mol. The second kappa shape index (κ2) is 4.27. The molecule has 0 N–H and O–H groups in total. The number of nitrogens with zero attached hydrogens (tertiary/aromatic N) is 1. The van der Waals surface area contributed by atoms with Crippen molar-refractivity contribution >= 4 is 10.0 Å². The summed E-state index contributed by atoms with van der Waals surface area (Å²) in [6.07, 6.45) is 0.755. The molecule has 4 heteroatoms. The van der Waals surface area contributed by atoms with Crippen LogP contribution in [0.4, 0.5) is 0 Å². The second-order valence-corrected chi connectivity index (χ2v) is 6.59. The first-order valence-electron chi connectivity index (χ1n) is 5.64. The van der Waals surface area contributed by atoms with Crippen LogP contribution in [-0.4, -0.2) is 25.3 Å². The van der Waals surface area contributed by atoms with Crippen molar-refractivity contribution in [1.82, 2.24) is 4.31 Å².